The summed E-state index contributed by atoms with van der Waals surface area (Å²) in [6, 6.07) is 93.2. The number of fused-ring (bicyclic) bond motifs is 12. The van der Waals surface area contributed by atoms with Crippen LogP contribution < -0.4 is 15.4 Å². The summed E-state index contributed by atoms with van der Waals surface area (Å²) in [7, 11) is 0. The van der Waals surface area contributed by atoms with Crippen molar-refractivity contribution in [3.8, 4) is 11.5 Å². The summed E-state index contributed by atoms with van der Waals surface area (Å²) >= 11 is 0. The summed E-state index contributed by atoms with van der Waals surface area (Å²) in [5, 5.41) is 37.3. The maximum atomic E-state index is 6.37. The highest BCUT2D eigenvalue weighted by molar-refractivity contribution is 6.15. The van der Waals surface area contributed by atoms with E-state index in [0.29, 0.717) is 0 Å². The minimum Gasteiger partial charge on any atom is -0.457 e. The maximum absolute atomic E-state index is 6.37. The van der Waals surface area contributed by atoms with Gasteiger partial charge < -0.3 is 15.4 Å². The van der Waals surface area contributed by atoms with Crippen LogP contribution in [0.15, 0.2) is 255 Å². The SMILES string of the molecule is c1ccc2cc3cc4cc5cc6cc7c(Nc8ccc(Oc9ccc(Nc%10cccc%11cc%12cc%13cc%14cc%15cc%16ccccc%16cc%15cc%14cc%13cc%12cc%10%11)cc9)cc8)cccc7cc6cc5cc4cc3cc2c1. The van der Waals surface area contributed by atoms with Crippen LogP contribution in [-0.4, -0.2) is 0 Å². The van der Waals surface area contributed by atoms with Crippen LogP contribution in [-0.2, 0) is 0 Å². The first-order chi connectivity index (χ1) is 37.0. The van der Waals surface area contributed by atoms with Gasteiger partial charge in [-0.05, 0) is 300 Å². The van der Waals surface area contributed by atoms with Crippen molar-refractivity contribution in [1.29, 1.82) is 0 Å². The minimum atomic E-state index is 0.773. The predicted octanol–water partition coefficient (Wildman–Crippen LogP) is 20.8. The second-order valence-corrected chi connectivity index (χ2v) is 20.4. The summed E-state index contributed by atoms with van der Waals surface area (Å²) in [5.74, 6) is 1.55. The predicted molar refractivity (Wildman–Crippen MR) is 322 cm³/mol. The quantitative estimate of drug-likeness (QED) is 0.163. The number of hydrogen-bond donors (Lipinski definition) is 2. The zero-order chi connectivity index (χ0) is 49.1. The van der Waals surface area contributed by atoms with Crippen molar-refractivity contribution >= 4 is 152 Å². The molecule has 0 aliphatic heterocycles. The van der Waals surface area contributed by atoms with Gasteiger partial charge in [0.1, 0.15) is 11.5 Å². The van der Waals surface area contributed by atoms with E-state index in [1.807, 2.05) is 24.3 Å². The van der Waals surface area contributed by atoms with Gasteiger partial charge in [-0.3, -0.25) is 0 Å². The number of benzene rings is 16. The first-order valence-electron chi connectivity index (χ1n) is 25.7. The molecule has 0 fully saturated rings. The van der Waals surface area contributed by atoms with Gasteiger partial charge in [-0.25, -0.2) is 0 Å². The third-order valence-corrected chi connectivity index (χ3v) is 15.6. The average Bonchev–Trinajstić information content (AvgIpc) is 3.44. The highest BCUT2D eigenvalue weighted by Crippen LogP contribution is 2.39. The fraction of sp³-hybridized carbons (Fsp3) is 0. The lowest BCUT2D eigenvalue weighted by atomic mass is 9.95. The molecule has 0 aliphatic rings. The van der Waals surface area contributed by atoms with E-state index < -0.39 is 0 Å². The molecule has 3 nitrogen and oxygen atoms in total. The summed E-state index contributed by atoms with van der Waals surface area (Å²) in [5.41, 5.74) is 4.11. The smallest absolute Gasteiger partial charge is 0.127 e. The molecule has 16 aromatic carbocycles. The standard InChI is InChI=1S/C72H44N2O/c1-3-9-45-25-51-31-57-37-61-39-63-41-69-47(27-53(63)33-59(61)35-55(57)29-49(51)23-43(45)7-1)11-5-13-71(69)73-65-15-19-67(20-16-65)75-68-21-17-66(18-22-68)74-72-14-6-12-48-28-54-34-60-36-56-30-50-24-44-8-2-4-10-46(44)26-52(50)32-58(56)38-62(60)40-64(54)42-70(48)72/h1-42,73-74H. The second-order valence-electron chi connectivity index (χ2n) is 20.4. The van der Waals surface area contributed by atoms with Crippen LogP contribution in [0.3, 0.4) is 0 Å². The van der Waals surface area contributed by atoms with Crippen LogP contribution in [0.1, 0.15) is 0 Å². The Morgan fingerprint density at radius 3 is 0.693 bits per heavy atom. The molecular weight excluding hydrogens is 909 g/mol. The van der Waals surface area contributed by atoms with Crippen molar-refractivity contribution in [3.05, 3.63) is 255 Å². The van der Waals surface area contributed by atoms with Crippen LogP contribution in [0, 0.1) is 0 Å². The molecular formula is C72H44N2O. The molecule has 0 atom stereocenters. The van der Waals surface area contributed by atoms with E-state index >= 15 is 0 Å². The van der Waals surface area contributed by atoms with E-state index in [2.05, 4.69) is 241 Å². The van der Waals surface area contributed by atoms with Gasteiger partial charge in [0.05, 0.1) is 0 Å². The average molecular weight is 953 g/mol. The highest BCUT2D eigenvalue weighted by atomic mass is 16.5. The Bertz CT molecular complexity index is 4760. The fourth-order valence-corrected chi connectivity index (χ4v) is 11.8. The molecule has 0 aromatic heterocycles. The van der Waals surface area contributed by atoms with Gasteiger partial charge in [0, 0.05) is 33.5 Å². The van der Waals surface area contributed by atoms with Crippen LogP contribution in [0.4, 0.5) is 22.7 Å². The Morgan fingerprint density at radius 2 is 0.413 bits per heavy atom. The van der Waals surface area contributed by atoms with Crippen LogP contribution in [0.2, 0.25) is 0 Å². The molecule has 0 unspecified atom stereocenters. The molecule has 0 radical (unpaired) electrons. The van der Waals surface area contributed by atoms with E-state index in [4.69, 9.17) is 4.74 Å². The minimum absolute atomic E-state index is 0.773. The molecule has 0 amide bonds. The zero-order valence-electron chi connectivity index (χ0n) is 40.7. The first kappa shape index (κ1) is 41.6. The number of anilines is 4. The summed E-state index contributed by atoms with van der Waals surface area (Å²) in [6.45, 7) is 0. The normalized spacial score (nSPS) is 12.0. The van der Waals surface area contributed by atoms with Crippen molar-refractivity contribution in [1.82, 2.24) is 0 Å². The van der Waals surface area contributed by atoms with Gasteiger partial charge in [0.2, 0.25) is 0 Å². The van der Waals surface area contributed by atoms with Crippen LogP contribution >= 0.6 is 0 Å². The van der Waals surface area contributed by atoms with Crippen molar-refractivity contribution in [2.24, 2.45) is 0 Å². The van der Waals surface area contributed by atoms with Crippen molar-refractivity contribution in [3.63, 3.8) is 0 Å². The lowest BCUT2D eigenvalue weighted by Gasteiger charge is -2.14. The molecule has 0 saturated heterocycles. The van der Waals surface area contributed by atoms with E-state index in [0.717, 1.165) is 34.2 Å². The Balaban J connectivity index is 0.632. The van der Waals surface area contributed by atoms with Crippen molar-refractivity contribution in [2.45, 2.75) is 0 Å². The molecule has 75 heavy (non-hydrogen) atoms. The molecule has 3 heteroatoms. The van der Waals surface area contributed by atoms with Gasteiger partial charge >= 0.3 is 0 Å². The van der Waals surface area contributed by atoms with E-state index in [1.54, 1.807) is 0 Å². The molecule has 0 saturated carbocycles. The molecule has 0 bridgehead atoms. The topological polar surface area (TPSA) is 33.3 Å². The van der Waals surface area contributed by atoms with Gasteiger partial charge in [-0.2, -0.15) is 0 Å². The number of nitrogens with one attached hydrogen (secondary N) is 2. The Labute approximate surface area is 431 Å². The molecule has 16 rings (SSSR count). The highest BCUT2D eigenvalue weighted by Gasteiger charge is 2.12. The largest absolute Gasteiger partial charge is 0.457 e. The number of rotatable bonds is 6. The molecule has 348 valence electrons. The maximum Gasteiger partial charge on any atom is 0.127 e. The van der Waals surface area contributed by atoms with Crippen LogP contribution in [0.25, 0.3) is 129 Å². The van der Waals surface area contributed by atoms with Gasteiger partial charge in [-0.1, -0.05) is 72.8 Å². The van der Waals surface area contributed by atoms with Gasteiger partial charge in [-0.15, -0.1) is 0 Å². The Kier molecular flexibility index (Phi) is 9.04. The van der Waals surface area contributed by atoms with Crippen molar-refractivity contribution < 1.29 is 4.74 Å². The third kappa shape index (κ3) is 7.28. The summed E-state index contributed by atoms with van der Waals surface area (Å²) in [4.78, 5) is 0. The third-order valence-electron chi connectivity index (χ3n) is 15.6. The van der Waals surface area contributed by atoms with Gasteiger partial charge in [0.25, 0.3) is 0 Å². The Morgan fingerprint density at radius 1 is 0.187 bits per heavy atom. The zero-order valence-corrected chi connectivity index (χ0v) is 40.7. The molecule has 0 heterocycles. The lowest BCUT2D eigenvalue weighted by Crippen LogP contribution is -1.93. The van der Waals surface area contributed by atoms with Gasteiger partial charge in [0.15, 0.2) is 0 Å². The first-order valence-corrected chi connectivity index (χ1v) is 25.7. The molecule has 2 N–H and O–H groups in total. The molecule has 0 spiro atoms. The molecule has 0 aliphatic carbocycles. The van der Waals surface area contributed by atoms with E-state index in [1.165, 1.54) is 129 Å². The number of hydrogen-bond acceptors (Lipinski definition) is 3. The number of ether oxygens (including phenoxy) is 1. The summed E-state index contributed by atoms with van der Waals surface area (Å²) in [6.07, 6.45) is 0. The van der Waals surface area contributed by atoms with E-state index in [9.17, 15) is 0 Å². The summed E-state index contributed by atoms with van der Waals surface area (Å²) < 4.78 is 6.37. The lowest BCUT2D eigenvalue weighted by molar-refractivity contribution is 0.483. The second kappa shape index (κ2) is 16.3. The van der Waals surface area contributed by atoms with E-state index in [-0.39, 0.29) is 0 Å². The molecule has 16 aromatic rings. The Hall–Kier alpha value is -9.96. The van der Waals surface area contributed by atoms with Crippen LogP contribution in [0.5, 0.6) is 11.5 Å². The fourth-order valence-electron chi connectivity index (χ4n) is 11.8. The van der Waals surface area contributed by atoms with Crippen molar-refractivity contribution in [2.75, 3.05) is 10.6 Å². The monoisotopic (exact) mass is 952 g/mol.